The summed E-state index contributed by atoms with van der Waals surface area (Å²) in [6.45, 7) is 8.37. The Morgan fingerprint density at radius 3 is 1.50 bits per heavy atom. The van der Waals surface area contributed by atoms with Gasteiger partial charge >= 0.3 is 7.12 Å². The van der Waals surface area contributed by atoms with Crippen LogP contribution in [-0.2, 0) is 9.31 Å². The molecule has 0 atom stereocenters. The third-order valence-electron chi connectivity index (χ3n) is 6.59. The zero-order chi connectivity index (χ0) is 20.2. The van der Waals surface area contributed by atoms with E-state index in [9.17, 15) is 0 Å². The number of hydrogen-bond donors (Lipinski definition) is 0. The molecule has 132 valence electrons. The van der Waals surface area contributed by atoms with Gasteiger partial charge in [-0.25, -0.2) is 0 Å². The van der Waals surface area contributed by atoms with Crippen molar-refractivity contribution in [3.63, 3.8) is 0 Å². The predicted molar refractivity (Wildman–Crippen MR) is 136 cm³/mol. The summed E-state index contributed by atoms with van der Waals surface area (Å²) in [7, 11) is 16.1. The van der Waals surface area contributed by atoms with E-state index in [1.807, 2.05) is 11.8 Å². The van der Waals surface area contributed by atoms with E-state index < -0.39 is 0 Å². The van der Waals surface area contributed by atoms with Crippen LogP contribution in [0.1, 0.15) is 27.7 Å². The van der Waals surface area contributed by atoms with Crippen LogP contribution < -0.4 is 5.46 Å². The molecular weight excluding hydrogens is 331 g/mol. The predicted octanol–water partition coefficient (Wildman–Crippen LogP) is -3.65. The van der Waals surface area contributed by atoms with Gasteiger partial charge in [0.1, 0.15) is 7.85 Å². The molecule has 1 aromatic carbocycles. The second-order valence-electron chi connectivity index (χ2n) is 10.8. The average Bonchev–Trinajstić information content (AvgIpc) is 2.65. The van der Waals surface area contributed by atoms with Gasteiger partial charge in [-0.1, -0.05) is 12.1 Å². The van der Waals surface area contributed by atoms with Gasteiger partial charge < -0.3 is 9.31 Å². The van der Waals surface area contributed by atoms with E-state index in [4.69, 9.17) is 9.31 Å². The second kappa shape index (κ2) is 6.81. The topological polar surface area (TPSA) is 18.5 Å². The lowest BCUT2D eigenvalue weighted by molar-refractivity contribution is 0.00578. The van der Waals surface area contributed by atoms with Crippen LogP contribution in [-0.4, -0.2) is 77.9 Å². The molecule has 1 aliphatic rings. The Bertz CT molecular complexity index is 621. The van der Waals surface area contributed by atoms with Crippen molar-refractivity contribution in [1.29, 1.82) is 0 Å². The molecule has 0 amide bonds. The molecular formula is C15H30B8O2S. The first-order chi connectivity index (χ1) is 11.5. The van der Waals surface area contributed by atoms with Crippen LogP contribution in [0, 0.1) is 0 Å². The first-order valence-electron chi connectivity index (χ1n) is 9.65. The maximum Gasteiger partial charge on any atom is 0.494 e. The number of hydrogen-bond acceptors (Lipinski definition) is 3. The van der Waals surface area contributed by atoms with Gasteiger partial charge in [0.05, 0.1) is 58.3 Å². The van der Waals surface area contributed by atoms with Gasteiger partial charge in [-0.2, -0.15) is 0 Å². The summed E-state index contributed by atoms with van der Waals surface area (Å²) in [5, 5.41) is 0.362. The van der Waals surface area contributed by atoms with E-state index >= 15 is 0 Å². The van der Waals surface area contributed by atoms with E-state index in [1.165, 1.54) is 4.90 Å². The van der Waals surface area contributed by atoms with E-state index in [1.54, 1.807) is 0 Å². The average molecular weight is 361 g/mol. The molecule has 11 heteroatoms. The van der Waals surface area contributed by atoms with Crippen molar-refractivity contribution < 1.29 is 9.31 Å². The van der Waals surface area contributed by atoms with Gasteiger partial charge in [0.2, 0.25) is 0 Å². The molecule has 0 saturated carbocycles. The van der Waals surface area contributed by atoms with Crippen LogP contribution in [0.4, 0.5) is 0 Å². The normalized spacial score (nSPS) is 20.2. The van der Waals surface area contributed by atoms with Crippen LogP contribution in [0.25, 0.3) is 0 Å². The molecule has 0 aliphatic carbocycles. The van der Waals surface area contributed by atoms with Crippen LogP contribution in [0.15, 0.2) is 29.2 Å². The zero-order valence-corrected chi connectivity index (χ0v) is 19.4. The third-order valence-corrected chi connectivity index (χ3v) is 8.73. The molecule has 1 saturated heterocycles. The smallest absolute Gasteiger partial charge is 0.399 e. The molecule has 0 aromatic heterocycles. The first kappa shape index (κ1) is 22.3. The van der Waals surface area contributed by atoms with E-state index in [0.29, 0.717) is 0 Å². The van der Waals surface area contributed by atoms with Gasteiger partial charge in [0.25, 0.3) is 0 Å². The Kier molecular flexibility index (Phi) is 5.84. The molecule has 1 fully saturated rings. The lowest BCUT2D eigenvalue weighted by Gasteiger charge is -2.52. The first-order valence-corrected chi connectivity index (χ1v) is 10.5. The maximum atomic E-state index is 6.17. The molecule has 0 N–H and O–H groups in total. The van der Waals surface area contributed by atoms with Gasteiger partial charge in [-0.05, 0) is 49.9 Å². The SMILES string of the molecule is BC(B)(B)C(B)(Sc1ccc(B2OC(C)(C)C(C)(C)O2)cc1)C(B)(B)B. The van der Waals surface area contributed by atoms with Crippen molar-refractivity contribution in [1.82, 2.24) is 0 Å². The van der Waals surface area contributed by atoms with Crippen molar-refractivity contribution in [2.75, 3.05) is 0 Å². The Morgan fingerprint density at radius 2 is 1.15 bits per heavy atom. The summed E-state index contributed by atoms with van der Waals surface area (Å²) in [6, 6.07) is 8.72. The highest BCUT2D eigenvalue weighted by atomic mass is 32.2. The fourth-order valence-corrected chi connectivity index (χ4v) is 4.69. The monoisotopic (exact) mass is 362 g/mol. The Morgan fingerprint density at radius 1 is 0.769 bits per heavy atom. The van der Waals surface area contributed by atoms with Crippen molar-refractivity contribution in [2.24, 2.45) is 0 Å². The van der Waals surface area contributed by atoms with Crippen molar-refractivity contribution >= 4 is 79.3 Å². The number of benzene rings is 1. The fourth-order valence-electron chi connectivity index (χ4n) is 3.34. The molecule has 0 bridgehead atoms. The van der Waals surface area contributed by atoms with E-state index in [0.717, 1.165) is 5.46 Å². The molecule has 1 heterocycles. The van der Waals surface area contributed by atoms with E-state index in [2.05, 4.69) is 107 Å². The molecule has 0 radical (unpaired) electrons. The highest BCUT2D eigenvalue weighted by Gasteiger charge is 2.51. The molecule has 2 nitrogen and oxygen atoms in total. The van der Waals surface area contributed by atoms with Gasteiger partial charge in [-0.3, -0.25) is 0 Å². The minimum Gasteiger partial charge on any atom is -0.399 e. The fraction of sp³-hybridized carbons (Fsp3) is 0.600. The number of rotatable bonds is 5. The van der Waals surface area contributed by atoms with Crippen molar-refractivity contribution in [3.05, 3.63) is 24.3 Å². The summed E-state index contributed by atoms with van der Waals surface area (Å²) in [5.41, 5.74) is 0.478. The molecule has 2 rings (SSSR count). The third kappa shape index (κ3) is 4.05. The Hall–Kier alpha value is 0.00948. The van der Waals surface area contributed by atoms with E-state index in [-0.39, 0.29) is 33.2 Å². The van der Waals surface area contributed by atoms with Crippen molar-refractivity contribution in [3.8, 4) is 0 Å². The summed E-state index contributed by atoms with van der Waals surface area (Å²) < 4.78 is 12.4. The maximum absolute atomic E-state index is 6.17. The quantitative estimate of drug-likeness (QED) is 0.398. The van der Waals surface area contributed by atoms with Gasteiger partial charge in [0, 0.05) is 4.90 Å². The van der Waals surface area contributed by atoms with Crippen LogP contribution in [0.3, 0.4) is 0 Å². The summed E-state index contributed by atoms with van der Waals surface area (Å²) >= 11 is 1.97. The summed E-state index contributed by atoms with van der Waals surface area (Å²) in [5.74, 6) is 0. The lowest BCUT2D eigenvalue weighted by Crippen LogP contribution is -2.53. The standard InChI is InChI=1S/C15H30B8O2S/c1-11(2)12(3,4)25-23(24-11)9-5-7-10(8-6-9)26-13(16,14(17,18)19)15(20,21)22/h5-8H,16-22H2,1-4H3. The molecule has 26 heavy (non-hydrogen) atoms. The Balaban J connectivity index is 2.23. The second-order valence-corrected chi connectivity index (χ2v) is 12.3. The largest absolute Gasteiger partial charge is 0.494 e. The van der Waals surface area contributed by atoms with Crippen LogP contribution >= 0.6 is 11.8 Å². The van der Waals surface area contributed by atoms with Crippen molar-refractivity contribution in [2.45, 2.75) is 58.7 Å². The minimum atomic E-state index is -0.303. The number of thioether (sulfide) groups is 1. The minimum absolute atomic E-state index is 0.103. The highest BCUT2D eigenvalue weighted by Crippen LogP contribution is 2.52. The Labute approximate surface area is 171 Å². The summed E-state index contributed by atoms with van der Waals surface area (Å²) in [6.07, 6.45) is 0. The highest BCUT2D eigenvalue weighted by molar-refractivity contribution is 8.02. The molecule has 1 aliphatic heterocycles. The molecule has 0 spiro atoms. The van der Waals surface area contributed by atoms with Crippen LogP contribution in [0.5, 0.6) is 0 Å². The zero-order valence-electron chi connectivity index (χ0n) is 18.6. The van der Waals surface area contributed by atoms with Gasteiger partial charge in [0.15, 0.2) is 0 Å². The molecule has 1 aromatic rings. The lowest BCUT2D eigenvalue weighted by atomic mass is 9.21. The summed E-state index contributed by atoms with van der Waals surface area (Å²) in [4.78, 5) is 1.29. The van der Waals surface area contributed by atoms with Gasteiger partial charge in [-0.15, -0.1) is 22.0 Å². The molecule has 0 unspecified atom stereocenters. The van der Waals surface area contributed by atoms with Crippen LogP contribution in [0.2, 0.25) is 10.2 Å².